The average Bonchev–Trinajstić information content (AvgIpc) is 3.23. The minimum absolute atomic E-state index is 0.0152. The first-order valence-corrected chi connectivity index (χ1v) is 18.5. The number of ether oxygens (including phenoxy) is 6. The number of benzene rings is 6. The molecule has 0 atom stereocenters. The normalized spacial score (nSPS) is 10.9. The molecule has 6 aromatic rings. The van der Waals surface area contributed by atoms with Crippen LogP contribution in [0.5, 0.6) is 23.0 Å². The van der Waals surface area contributed by atoms with E-state index in [-0.39, 0.29) is 66.1 Å². The van der Waals surface area contributed by atoms with Crippen molar-refractivity contribution in [3.8, 4) is 23.0 Å². The van der Waals surface area contributed by atoms with E-state index < -0.39 is 29.9 Å². The Labute approximate surface area is 332 Å². The number of carbonyl (C=O) groups excluding carboxylic acids is 3. The Hall–Kier alpha value is -6.87. The van der Waals surface area contributed by atoms with Crippen molar-refractivity contribution >= 4 is 17.7 Å². The molecule has 0 fully saturated rings. The Bertz CT molecular complexity index is 2180. The number of hydrogen-bond acceptors (Lipinski definition) is 9. The van der Waals surface area contributed by atoms with Crippen molar-refractivity contribution in [2.45, 2.75) is 52.8 Å². The lowest BCUT2D eigenvalue weighted by atomic mass is 9.97. The van der Waals surface area contributed by atoms with Gasteiger partial charge in [-0.05, 0) is 67.3 Å². The van der Waals surface area contributed by atoms with Gasteiger partial charge in [-0.25, -0.2) is 9.59 Å². The molecule has 0 radical (unpaired) electrons. The van der Waals surface area contributed by atoms with E-state index in [2.05, 4.69) is 0 Å². The molecule has 290 valence electrons. The molecule has 0 saturated heterocycles. The van der Waals surface area contributed by atoms with E-state index in [9.17, 15) is 9.59 Å². The molecule has 0 amide bonds. The van der Waals surface area contributed by atoms with Gasteiger partial charge in [0, 0.05) is 0 Å². The summed E-state index contributed by atoms with van der Waals surface area (Å²) in [7, 11) is 0. The summed E-state index contributed by atoms with van der Waals surface area (Å²) >= 11 is 0. The molecule has 6 rings (SSSR count). The van der Waals surface area contributed by atoms with E-state index in [1.54, 1.807) is 39.0 Å². The van der Waals surface area contributed by atoms with E-state index in [1.165, 1.54) is 12.1 Å². The average molecular weight is 765 g/mol. The molecule has 0 aliphatic carbocycles. The zero-order chi connectivity index (χ0) is 40.0. The highest BCUT2D eigenvalue weighted by Crippen LogP contribution is 2.40. The summed E-state index contributed by atoms with van der Waals surface area (Å²) in [5, 5.41) is 0. The molecule has 0 saturated carbocycles. The Balaban J connectivity index is 1.43. The van der Waals surface area contributed by atoms with Crippen molar-refractivity contribution in [2.75, 3.05) is 6.61 Å². The minimum atomic E-state index is -0.800. The number of esters is 2. The molecule has 0 spiro atoms. The van der Waals surface area contributed by atoms with Crippen LogP contribution >= 0.6 is 0 Å². The fourth-order valence-corrected chi connectivity index (χ4v) is 5.72. The first-order valence-electron chi connectivity index (χ1n) is 18.5. The van der Waals surface area contributed by atoms with Gasteiger partial charge in [0.15, 0.2) is 6.61 Å². The van der Waals surface area contributed by atoms with Crippen LogP contribution in [0.1, 0.15) is 69.3 Å². The standard InChI is InChI=1S/C48H44O9/c1-48(2,3)57-47(51)38-27-41(53-30-35-19-10-5-11-20-35)45(42(28-38)54-31-36-21-12-6-13-22-36)46(50)44-39(52-29-34-17-8-4-9-18-34)25-16-26-40(44)55-33-43(49)56-32-37-23-14-7-15-24-37/h4-28H,29-33H2,1-3H3. The lowest BCUT2D eigenvalue weighted by molar-refractivity contribution is -0.147. The van der Waals surface area contributed by atoms with Crippen molar-refractivity contribution in [3.05, 3.63) is 191 Å². The molecule has 0 unspecified atom stereocenters. The molecular weight excluding hydrogens is 721 g/mol. The Morgan fingerprint density at radius 3 is 1.28 bits per heavy atom. The fraction of sp³-hybridized carbons (Fsp3) is 0.188. The third kappa shape index (κ3) is 11.6. The molecule has 9 nitrogen and oxygen atoms in total. The summed E-state index contributed by atoms with van der Waals surface area (Å²) in [6.07, 6.45) is 0. The molecule has 6 aromatic carbocycles. The third-order valence-corrected chi connectivity index (χ3v) is 8.44. The summed E-state index contributed by atoms with van der Waals surface area (Å²) in [5.41, 5.74) is 2.70. The SMILES string of the molecule is CC(C)(C)OC(=O)c1cc(OCc2ccccc2)c(C(=O)c2c(OCC(=O)OCc3ccccc3)cccc2OCc2ccccc2)c(OCc2ccccc2)c1. The zero-order valence-corrected chi connectivity index (χ0v) is 32.1. The van der Waals surface area contributed by atoms with Crippen LogP contribution in [0.4, 0.5) is 0 Å². The molecule has 0 bridgehead atoms. The number of carbonyl (C=O) groups is 3. The second kappa shape index (κ2) is 19.1. The Morgan fingerprint density at radius 1 is 0.456 bits per heavy atom. The second-order valence-electron chi connectivity index (χ2n) is 14.1. The van der Waals surface area contributed by atoms with Gasteiger partial charge in [-0.3, -0.25) is 4.79 Å². The van der Waals surface area contributed by atoms with E-state index in [4.69, 9.17) is 28.4 Å². The molecule has 0 aromatic heterocycles. The highest BCUT2D eigenvalue weighted by molar-refractivity contribution is 6.16. The van der Waals surface area contributed by atoms with E-state index in [1.807, 2.05) is 121 Å². The van der Waals surface area contributed by atoms with Gasteiger partial charge in [-0.1, -0.05) is 127 Å². The highest BCUT2D eigenvalue weighted by atomic mass is 16.6. The van der Waals surface area contributed by atoms with Crippen LogP contribution in [-0.4, -0.2) is 29.9 Å². The Kier molecular flexibility index (Phi) is 13.4. The van der Waals surface area contributed by atoms with Crippen LogP contribution in [0.25, 0.3) is 0 Å². The summed E-state index contributed by atoms with van der Waals surface area (Å²) in [6, 6.07) is 45.5. The fourth-order valence-electron chi connectivity index (χ4n) is 5.72. The summed E-state index contributed by atoms with van der Waals surface area (Å²) in [5.74, 6) is -1.44. The maximum absolute atomic E-state index is 15.3. The summed E-state index contributed by atoms with van der Waals surface area (Å²) in [4.78, 5) is 41.8. The maximum atomic E-state index is 15.3. The van der Waals surface area contributed by atoms with Crippen LogP contribution in [0, 0.1) is 0 Å². The second-order valence-corrected chi connectivity index (χ2v) is 14.1. The van der Waals surface area contributed by atoms with Crippen LogP contribution < -0.4 is 18.9 Å². The lowest BCUT2D eigenvalue weighted by Crippen LogP contribution is -2.24. The molecule has 57 heavy (non-hydrogen) atoms. The largest absolute Gasteiger partial charge is 0.488 e. The first-order chi connectivity index (χ1) is 27.6. The quantitative estimate of drug-likeness (QED) is 0.0663. The number of rotatable bonds is 17. The first kappa shape index (κ1) is 39.8. The van der Waals surface area contributed by atoms with Gasteiger partial charge in [0.25, 0.3) is 0 Å². The molecular formula is C48H44O9. The van der Waals surface area contributed by atoms with Gasteiger partial charge in [-0.2, -0.15) is 0 Å². The topological polar surface area (TPSA) is 107 Å². The van der Waals surface area contributed by atoms with Gasteiger partial charge >= 0.3 is 11.9 Å². The zero-order valence-electron chi connectivity index (χ0n) is 32.1. The minimum Gasteiger partial charge on any atom is -0.488 e. The van der Waals surface area contributed by atoms with Crippen molar-refractivity contribution in [2.24, 2.45) is 0 Å². The maximum Gasteiger partial charge on any atom is 0.344 e. The molecule has 0 heterocycles. The molecule has 0 N–H and O–H groups in total. The van der Waals surface area contributed by atoms with Gasteiger partial charge < -0.3 is 28.4 Å². The van der Waals surface area contributed by atoms with Crippen molar-refractivity contribution in [1.29, 1.82) is 0 Å². The van der Waals surface area contributed by atoms with Crippen LogP contribution in [0.2, 0.25) is 0 Å². The van der Waals surface area contributed by atoms with Crippen LogP contribution in [-0.2, 0) is 40.7 Å². The summed E-state index contributed by atoms with van der Waals surface area (Å²) in [6.45, 7) is 5.16. The van der Waals surface area contributed by atoms with Crippen molar-refractivity contribution < 1.29 is 42.8 Å². The molecule has 0 aliphatic heterocycles. The predicted molar refractivity (Wildman–Crippen MR) is 216 cm³/mol. The van der Waals surface area contributed by atoms with Crippen LogP contribution in [0.3, 0.4) is 0 Å². The van der Waals surface area contributed by atoms with Gasteiger partial charge in [0.05, 0.1) is 5.56 Å². The smallest absolute Gasteiger partial charge is 0.344 e. The van der Waals surface area contributed by atoms with E-state index in [0.29, 0.717) is 0 Å². The number of hydrogen-bond donors (Lipinski definition) is 0. The van der Waals surface area contributed by atoms with Gasteiger partial charge in [-0.15, -0.1) is 0 Å². The monoisotopic (exact) mass is 764 g/mol. The van der Waals surface area contributed by atoms with Gasteiger partial charge in [0.2, 0.25) is 5.78 Å². The van der Waals surface area contributed by atoms with E-state index in [0.717, 1.165) is 22.3 Å². The summed E-state index contributed by atoms with van der Waals surface area (Å²) < 4.78 is 36.3. The molecule has 9 heteroatoms. The van der Waals surface area contributed by atoms with Crippen molar-refractivity contribution in [1.82, 2.24) is 0 Å². The Morgan fingerprint density at radius 2 is 0.842 bits per heavy atom. The van der Waals surface area contributed by atoms with Gasteiger partial charge in [0.1, 0.15) is 66.2 Å². The van der Waals surface area contributed by atoms with E-state index >= 15 is 4.79 Å². The molecule has 0 aliphatic rings. The van der Waals surface area contributed by atoms with Crippen molar-refractivity contribution in [3.63, 3.8) is 0 Å². The number of ketones is 1. The lowest BCUT2D eigenvalue weighted by Gasteiger charge is -2.22. The van der Waals surface area contributed by atoms with Crippen LogP contribution in [0.15, 0.2) is 152 Å². The highest BCUT2D eigenvalue weighted by Gasteiger charge is 2.30. The predicted octanol–water partition coefficient (Wildman–Crippen LogP) is 9.73. The third-order valence-electron chi connectivity index (χ3n) is 8.44.